The second kappa shape index (κ2) is 9.51. The van der Waals surface area contributed by atoms with Crippen LogP contribution in [0.25, 0.3) is 11.3 Å². The summed E-state index contributed by atoms with van der Waals surface area (Å²) in [5.41, 5.74) is 1.46. The lowest BCUT2D eigenvalue weighted by Crippen LogP contribution is -2.44. The maximum absolute atomic E-state index is 12.6. The van der Waals surface area contributed by atoms with Crippen molar-refractivity contribution < 1.29 is 33.1 Å². The molecule has 0 unspecified atom stereocenters. The zero-order valence-corrected chi connectivity index (χ0v) is 18.3. The highest BCUT2D eigenvalue weighted by molar-refractivity contribution is 5.96. The van der Waals surface area contributed by atoms with Crippen LogP contribution in [-0.4, -0.2) is 44.0 Å². The van der Waals surface area contributed by atoms with Crippen LogP contribution < -0.4 is 29.6 Å². The summed E-state index contributed by atoms with van der Waals surface area (Å²) in [5.74, 6) is 1.88. The van der Waals surface area contributed by atoms with E-state index in [1.165, 1.54) is 13.2 Å². The van der Waals surface area contributed by atoms with E-state index in [0.717, 1.165) is 5.56 Å². The van der Waals surface area contributed by atoms with Crippen LogP contribution in [0.4, 0.5) is 0 Å². The Kier molecular flexibility index (Phi) is 6.34. The van der Waals surface area contributed by atoms with Crippen LogP contribution in [0, 0.1) is 0 Å². The molecule has 172 valence electrons. The van der Waals surface area contributed by atoms with E-state index < -0.39 is 11.9 Å². The summed E-state index contributed by atoms with van der Waals surface area (Å²) in [7, 11) is 3.07. The molecular weight excluding hydrogens is 430 g/mol. The molecule has 0 radical (unpaired) electrons. The minimum atomic E-state index is -0.794. The normalized spacial score (nSPS) is 12.7. The number of hydrogen-bond acceptors (Lipinski definition) is 8. The number of methoxy groups -OCH3 is 2. The monoisotopic (exact) mass is 453 g/mol. The number of aromatic nitrogens is 1. The van der Waals surface area contributed by atoms with Gasteiger partial charge in [0.25, 0.3) is 5.91 Å². The molecule has 0 spiro atoms. The molecule has 1 aliphatic rings. The van der Waals surface area contributed by atoms with Gasteiger partial charge >= 0.3 is 0 Å². The SMILES string of the molecule is COc1ccc(OC)c(-c2cc(C(=O)N[C@H](C)C(=O)NCc3ccc4c(c3)OCO4)no2)c1. The molecule has 1 aromatic heterocycles. The van der Waals surface area contributed by atoms with Crippen molar-refractivity contribution in [2.75, 3.05) is 21.0 Å². The van der Waals surface area contributed by atoms with E-state index >= 15 is 0 Å². The average molecular weight is 453 g/mol. The number of rotatable bonds is 8. The van der Waals surface area contributed by atoms with Crippen molar-refractivity contribution in [1.82, 2.24) is 15.8 Å². The fraction of sp³-hybridized carbons (Fsp3) is 0.261. The third-order valence-corrected chi connectivity index (χ3v) is 5.06. The van der Waals surface area contributed by atoms with Gasteiger partial charge in [-0.1, -0.05) is 11.2 Å². The Hall–Kier alpha value is -4.21. The van der Waals surface area contributed by atoms with Gasteiger partial charge in [-0.25, -0.2) is 0 Å². The molecule has 0 saturated carbocycles. The molecule has 3 aromatic rings. The van der Waals surface area contributed by atoms with Crippen molar-refractivity contribution in [3.8, 4) is 34.3 Å². The highest BCUT2D eigenvalue weighted by Crippen LogP contribution is 2.34. The van der Waals surface area contributed by atoms with E-state index in [1.54, 1.807) is 44.4 Å². The molecule has 0 saturated heterocycles. The van der Waals surface area contributed by atoms with Gasteiger partial charge in [0.15, 0.2) is 23.0 Å². The number of fused-ring (bicyclic) bond motifs is 1. The van der Waals surface area contributed by atoms with Crippen LogP contribution in [0.2, 0.25) is 0 Å². The Bertz CT molecular complexity index is 1170. The summed E-state index contributed by atoms with van der Waals surface area (Å²) in [4.78, 5) is 25.0. The number of ether oxygens (including phenoxy) is 4. The number of nitrogens with one attached hydrogen (secondary N) is 2. The summed E-state index contributed by atoms with van der Waals surface area (Å²) < 4.78 is 26.5. The van der Waals surface area contributed by atoms with Crippen molar-refractivity contribution in [2.45, 2.75) is 19.5 Å². The molecule has 1 atom stereocenters. The van der Waals surface area contributed by atoms with Gasteiger partial charge in [0.1, 0.15) is 17.5 Å². The smallest absolute Gasteiger partial charge is 0.274 e. The maximum atomic E-state index is 12.6. The van der Waals surface area contributed by atoms with Crippen molar-refractivity contribution >= 4 is 11.8 Å². The van der Waals surface area contributed by atoms with E-state index in [2.05, 4.69) is 15.8 Å². The lowest BCUT2D eigenvalue weighted by Gasteiger charge is -2.13. The van der Waals surface area contributed by atoms with E-state index in [0.29, 0.717) is 34.3 Å². The first kappa shape index (κ1) is 22.0. The van der Waals surface area contributed by atoms with Gasteiger partial charge in [-0.2, -0.15) is 0 Å². The maximum Gasteiger partial charge on any atom is 0.274 e. The Morgan fingerprint density at radius 3 is 2.67 bits per heavy atom. The van der Waals surface area contributed by atoms with Crippen LogP contribution in [0.3, 0.4) is 0 Å². The predicted octanol–water partition coefficient (Wildman–Crippen LogP) is 2.52. The number of carbonyl (C=O) groups is 2. The van der Waals surface area contributed by atoms with Gasteiger partial charge in [-0.3, -0.25) is 9.59 Å². The summed E-state index contributed by atoms with van der Waals surface area (Å²) in [6, 6.07) is 11.3. The van der Waals surface area contributed by atoms with E-state index in [1.807, 2.05) is 6.07 Å². The Labute approximate surface area is 189 Å². The number of benzene rings is 2. The number of hydrogen-bond donors (Lipinski definition) is 2. The molecule has 10 nitrogen and oxygen atoms in total. The lowest BCUT2D eigenvalue weighted by molar-refractivity contribution is -0.122. The van der Waals surface area contributed by atoms with Crippen molar-refractivity contribution in [2.24, 2.45) is 0 Å². The van der Waals surface area contributed by atoms with E-state index in [9.17, 15) is 9.59 Å². The van der Waals surface area contributed by atoms with Crippen LogP contribution in [0.5, 0.6) is 23.0 Å². The fourth-order valence-corrected chi connectivity index (χ4v) is 3.25. The first-order valence-corrected chi connectivity index (χ1v) is 10.1. The second-order valence-electron chi connectivity index (χ2n) is 7.24. The molecule has 0 fully saturated rings. The standard InChI is InChI=1S/C23H23N3O7/c1-13(22(27)24-11-14-4-6-19-21(8-14)32-12-31-19)25-23(28)17-10-20(33-26-17)16-9-15(29-2)5-7-18(16)30-3/h4-10,13H,11-12H2,1-3H3,(H,24,27)(H,25,28)/t13-/m1/s1. The quantitative estimate of drug-likeness (QED) is 0.534. The zero-order chi connectivity index (χ0) is 23.4. The Balaban J connectivity index is 1.36. The average Bonchev–Trinajstić information content (AvgIpc) is 3.51. The van der Waals surface area contributed by atoms with Crippen molar-refractivity contribution in [3.05, 3.63) is 53.7 Å². The minimum Gasteiger partial charge on any atom is -0.497 e. The van der Waals surface area contributed by atoms with Crippen LogP contribution in [0.15, 0.2) is 47.0 Å². The third kappa shape index (κ3) is 4.84. The second-order valence-corrected chi connectivity index (χ2v) is 7.24. The van der Waals surface area contributed by atoms with Gasteiger partial charge in [0.05, 0.1) is 19.8 Å². The van der Waals surface area contributed by atoms with Crippen LogP contribution in [-0.2, 0) is 11.3 Å². The molecule has 2 heterocycles. The van der Waals surface area contributed by atoms with E-state index in [-0.39, 0.29) is 24.9 Å². The molecule has 2 N–H and O–H groups in total. The molecule has 0 aliphatic carbocycles. The molecule has 1 aliphatic heterocycles. The minimum absolute atomic E-state index is 0.0327. The molecule has 33 heavy (non-hydrogen) atoms. The van der Waals surface area contributed by atoms with Crippen LogP contribution >= 0.6 is 0 Å². The van der Waals surface area contributed by atoms with Gasteiger partial charge in [0.2, 0.25) is 12.7 Å². The van der Waals surface area contributed by atoms with Gasteiger partial charge in [-0.05, 0) is 42.8 Å². The predicted molar refractivity (Wildman–Crippen MR) is 116 cm³/mol. The number of nitrogens with zero attached hydrogens (tertiary/aromatic N) is 1. The van der Waals surface area contributed by atoms with Crippen molar-refractivity contribution in [1.29, 1.82) is 0 Å². The largest absolute Gasteiger partial charge is 0.497 e. The fourth-order valence-electron chi connectivity index (χ4n) is 3.25. The van der Waals surface area contributed by atoms with Gasteiger partial charge < -0.3 is 34.1 Å². The van der Waals surface area contributed by atoms with Crippen LogP contribution in [0.1, 0.15) is 23.0 Å². The first-order valence-electron chi connectivity index (χ1n) is 10.1. The number of amides is 2. The van der Waals surface area contributed by atoms with Crippen molar-refractivity contribution in [3.63, 3.8) is 0 Å². The molecule has 0 bridgehead atoms. The third-order valence-electron chi connectivity index (χ3n) is 5.06. The Morgan fingerprint density at radius 2 is 1.88 bits per heavy atom. The van der Waals surface area contributed by atoms with Gasteiger partial charge in [0, 0.05) is 12.6 Å². The highest BCUT2D eigenvalue weighted by atomic mass is 16.7. The Morgan fingerprint density at radius 1 is 1.06 bits per heavy atom. The molecule has 2 aromatic carbocycles. The summed E-state index contributed by atoms with van der Waals surface area (Å²) >= 11 is 0. The summed E-state index contributed by atoms with van der Waals surface area (Å²) in [5, 5.41) is 9.22. The van der Waals surface area contributed by atoms with E-state index in [4.69, 9.17) is 23.5 Å². The zero-order valence-electron chi connectivity index (χ0n) is 18.3. The first-order chi connectivity index (χ1) is 16.0. The van der Waals surface area contributed by atoms with Gasteiger partial charge in [-0.15, -0.1) is 0 Å². The molecule has 4 rings (SSSR count). The summed E-state index contributed by atoms with van der Waals surface area (Å²) in [6.07, 6.45) is 0. The lowest BCUT2D eigenvalue weighted by atomic mass is 10.1. The molecular formula is C23H23N3O7. The molecule has 10 heteroatoms. The summed E-state index contributed by atoms with van der Waals surface area (Å²) in [6.45, 7) is 2.04. The highest BCUT2D eigenvalue weighted by Gasteiger charge is 2.21. The molecule has 2 amide bonds. The number of carbonyl (C=O) groups excluding carboxylic acids is 2. The topological polar surface area (TPSA) is 121 Å².